The van der Waals surface area contributed by atoms with E-state index < -0.39 is 35.0 Å². The van der Waals surface area contributed by atoms with Gasteiger partial charge in [-0.2, -0.15) is 0 Å². The molecule has 1 saturated carbocycles. The minimum absolute atomic E-state index is 0.0119. The number of Topliss-reactive ketones (excluding diaryl/α,β-unsaturated/α-hetero) is 3. The van der Waals surface area contributed by atoms with E-state index in [1.54, 1.807) is 7.11 Å². The van der Waals surface area contributed by atoms with E-state index in [-0.39, 0.29) is 29.8 Å². The van der Waals surface area contributed by atoms with Gasteiger partial charge in [0.25, 0.3) is 5.88 Å². The van der Waals surface area contributed by atoms with Gasteiger partial charge >= 0.3 is 0 Å². The number of benzene rings is 3. The minimum atomic E-state index is -1.90. The topological polar surface area (TPSA) is 108 Å². The van der Waals surface area contributed by atoms with Crippen LogP contribution < -0.4 is 9.47 Å². The number of aryl methyl sites for hydroxylation is 1. The van der Waals surface area contributed by atoms with Crippen LogP contribution in [0.4, 0.5) is 0 Å². The molecule has 0 aliphatic heterocycles. The summed E-state index contributed by atoms with van der Waals surface area (Å²) in [6.07, 6.45) is 0.852. The lowest BCUT2D eigenvalue weighted by Crippen LogP contribution is -2.67. The Kier molecular flexibility index (Phi) is 6.71. The van der Waals surface area contributed by atoms with Crippen molar-refractivity contribution in [1.29, 1.82) is 0 Å². The molecule has 0 radical (unpaired) electrons. The van der Waals surface area contributed by atoms with Crippen LogP contribution in [0.15, 0.2) is 59.1 Å². The summed E-state index contributed by atoms with van der Waals surface area (Å²) in [5.74, 6) is -2.36. The zero-order valence-electron chi connectivity index (χ0n) is 25.4. The van der Waals surface area contributed by atoms with Gasteiger partial charge in [0.1, 0.15) is 17.9 Å². The molecule has 0 N–H and O–H groups in total. The van der Waals surface area contributed by atoms with Gasteiger partial charge < -0.3 is 18.7 Å². The first-order valence-corrected chi connectivity index (χ1v) is 14.8. The van der Waals surface area contributed by atoms with E-state index in [2.05, 4.69) is 5.16 Å². The van der Waals surface area contributed by atoms with E-state index >= 15 is 0 Å². The van der Waals surface area contributed by atoms with Crippen molar-refractivity contribution in [3.8, 4) is 11.6 Å². The number of methoxy groups -OCH3 is 2. The SMILES string of the molecule is COc1c2c(c(C)c3ccccc13)C(=O)C1C(=O)C3(OC)C(=O)c4c(OCc5ccccc5)noc4C(N(C)C)C3CC1C2. The molecule has 7 rings (SSSR count). The fourth-order valence-corrected chi connectivity index (χ4v) is 8.08. The quantitative estimate of drug-likeness (QED) is 0.280. The molecular weight excluding hydrogens is 560 g/mol. The molecular formula is C35H34N2O7. The molecule has 3 aromatic carbocycles. The molecule has 0 amide bonds. The Balaban J connectivity index is 1.35. The van der Waals surface area contributed by atoms with Crippen molar-refractivity contribution >= 4 is 28.1 Å². The third-order valence-electron chi connectivity index (χ3n) is 9.92. The molecule has 226 valence electrons. The zero-order chi connectivity index (χ0) is 30.9. The zero-order valence-corrected chi connectivity index (χ0v) is 25.4. The Bertz CT molecular complexity index is 1830. The lowest BCUT2D eigenvalue weighted by molar-refractivity contribution is -0.159. The van der Waals surface area contributed by atoms with Crippen LogP contribution in [-0.4, -0.2) is 61.3 Å². The van der Waals surface area contributed by atoms with Gasteiger partial charge in [-0.3, -0.25) is 19.3 Å². The lowest BCUT2D eigenvalue weighted by Gasteiger charge is -2.52. The predicted octanol–water partition coefficient (Wildman–Crippen LogP) is 5.17. The summed E-state index contributed by atoms with van der Waals surface area (Å²) in [6, 6.07) is 16.8. The normalized spacial score (nSPS) is 25.8. The second-order valence-corrected chi connectivity index (χ2v) is 12.2. The number of aromatic nitrogens is 1. The van der Waals surface area contributed by atoms with E-state index in [0.717, 1.165) is 27.5 Å². The fraction of sp³-hybridized carbons (Fsp3) is 0.371. The van der Waals surface area contributed by atoms with Crippen molar-refractivity contribution in [3.05, 3.63) is 88.2 Å². The number of carbonyl (C=O) groups excluding carboxylic acids is 3. The third kappa shape index (κ3) is 3.78. The molecule has 9 heteroatoms. The highest BCUT2D eigenvalue weighted by atomic mass is 16.5. The molecule has 1 heterocycles. The van der Waals surface area contributed by atoms with E-state index in [1.807, 2.05) is 80.5 Å². The van der Waals surface area contributed by atoms with Crippen molar-refractivity contribution in [1.82, 2.24) is 10.1 Å². The summed E-state index contributed by atoms with van der Waals surface area (Å²) in [7, 11) is 6.73. The number of carbonyl (C=O) groups is 3. The highest BCUT2D eigenvalue weighted by Gasteiger charge is 2.68. The monoisotopic (exact) mass is 594 g/mol. The van der Waals surface area contributed by atoms with E-state index in [0.29, 0.717) is 29.9 Å². The highest BCUT2D eigenvalue weighted by Crippen LogP contribution is 2.57. The van der Waals surface area contributed by atoms with Crippen molar-refractivity contribution in [3.63, 3.8) is 0 Å². The van der Waals surface area contributed by atoms with Gasteiger partial charge in [-0.25, -0.2) is 0 Å². The molecule has 0 spiro atoms. The Hall–Kier alpha value is -4.34. The largest absolute Gasteiger partial charge is 0.496 e. The molecule has 0 bridgehead atoms. The Morgan fingerprint density at radius 1 is 0.977 bits per heavy atom. The first kappa shape index (κ1) is 28.4. The average molecular weight is 595 g/mol. The van der Waals surface area contributed by atoms with Gasteiger partial charge in [0.15, 0.2) is 22.9 Å². The average Bonchev–Trinajstić information content (AvgIpc) is 3.44. The molecule has 3 aliphatic rings. The van der Waals surface area contributed by atoms with Crippen molar-refractivity contribution < 1.29 is 33.1 Å². The summed E-state index contributed by atoms with van der Waals surface area (Å²) < 4.78 is 23.8. The van der Waals surface area contributed by atoms with Gasteiger partial charge in [0, 0.05) is 29.5 Å². The van der Waals surface area contributed by atoms with Gasteiger partial charge in [0.2, 0.25) is 5.78 Å². The highest BCUT2D eigenvalue weighted by molar-refractivity contribution is 6.27. The second kappa shape index (κ2) is 10.4. The lowest BCUT2D eigenvalue weighted by atomic mass is 9.53. The maximum Gasteiger partial charge on any atom is 0.265 e. The van der Waals surface area contributed by atoms with E-state index in [1.165, 1.54) is 7.11 Å². The molecule has 4 aromatic rings. The Morgan fingerprint density at radius 3 is 2.36 bits per heavy atom. The van der Waals surface area contributed by atoms with Crippen molar-refractivity contribution in [2.75, 3.05) is 28.3 Å². The maximum atomic E-state index is 14.8. The van der Waals surface area contributed by atoms with E-state index in [4.69, 9.17) is 18.7 Å². The molecule has 3 aliphatic carbocycles. The van der Waals surface area contributed by atoms with Crippen LogP contribution in [0.3, 0.4) is 0 Å². The first-order valence-electron chi connectivity index (χ1n) is 14.8. The van der Waals surface area contributed by atoms with Crippen molar-refractivity contribution in [2.24, 2.45) is 17.8 Å². The summed E-state index contributed by atoms with van der Waals surface area (Å²) in [5, 5.41) is 5.98. The van der Waals surface area contributed by atoms with Gasteiger partial charge in [0.05, 0.1) is 19.1 Å². The van der Waals surface area contributed by atoms with Crippen LogP contribution in [0.5, 0.6) is 11.6 Å². The minimum Gasteiger partial charge on any atom is -0.496 e. The van der Waals surface area contributed by atoms with Crippen LogP contribution >= 0.6 is 0 Å². The van der Waals surface area contributed by atoms with Gasteiger partial charge in [-0.1, -0.05) is 54.6 Å². The number of ketones is 3. The number of hydrogen-bond donors (Lipinski definition) is 0. The van der Waals surface area contributed by atoms with Gasteiger partial charge in [-0.05, 0) is 61.4 Å². The first-order chi connectivity index (χ1) is 21.2. The van der Waals surface area contributed by atoms with Gasteiger partial charge in [-0.15, -0.1) is 0 Å². The Morgan fingerprint density at radius 2 is 1.68 bits per heavy atom. The molecule has 9 nitrogen and oxygen atoms in total. The molecule has 0 saturated heterocycles. The van der Waals surface area contributed by atoms with Crippen LogP contribution in [0.2, 0.25) is 0 Å². The molecule has 1 fully saturated rings. The number of rotatable bonds is 6. The second-order valence-electron chi connectivity index (χ2n) is 12.2. The summed E-state index contributed by atoms with van der Waals surface area (Å²) in [5.41, 5.74) is 1.20. The van der Waals surface area contributed by atoms with Crippen LogP contribution in [-0.2, 0) is 22.6 Å². The summed E-state index contributed by atoms with van der Waals surface area (Å²) >= 11 is 0. The molecule has 5 unspecified atom stereocenters. The summed E-state index contributed by atoms with van der Waals surface area (Å²) in [4.78, 5) is 45.7. The number of nitrogens with zero attached hydrogens (tertiary/aromatic N) is 2. The maximum absolute atomic E-state index is 14.8. The number of hydrogen-bond acceptors (Lipinski definition) is 9. The number of ether oxygens (including phenoxy) is 3. The predicted molar refractivity (Wildman–Crippen MR) is 161 cm³/mol. The summed E-state index contributed by atoms with van der Waals surface area (Å²) in [6.45, 7) is 2.07. The number of fused-ring (bicyclic) bond motifs is 5. The molecule has 5 atom stereocenters. The smallest absolute Gasteiger partial charge is 0.265 e. The van der Waals surface area contributed by atoms with Crippen LogP contribution in [0, 0.1) is 24.7 Å². The fourth-order valence-electron chi connectivity index (χ4n) is 8.08. The molecule has 44 heavy (non-hydrogen) atoms. The van der Waals surface area contributed by atoms with Crippen molar-refractivity contribution in [2.45, 2.75) is 38.0 Å². The standard InChI is InChI=1S/C35H34N2O7/c1-18-21-13-9-10-14-22(21)30(41-4)23-15-20-16-24-28(37(2)3)31-27(34(36-44-31)43-17-19-11-7-6-8-12-19)33(40)35(24,42-5)32(39)26(20)29(38)25(18)23/h6-14,20,24,26,28H,15-17H2,1-5H3. The Labute approximate surface area is 255 Å². The van der Waals surface area contributed by atoms with Crippen LogP contribution in [0.1, 0.15) is 55.6 Å². The van der Waals surface area contributed by atoms with Crippen LogP contribution in [0.25, 0.3) is 10.8 Å². The van der Waals surface area contributed by atoms with E-state index in [9.17, 15) is 14.4 Å². The third-order valence-corrected chi connectivity index (χ3v) is 9.92. The molecule has 1 aromatic heterocycles.